The summed E-state index contributed by atoms with van der Waals surface area (Å²) in [6.45, 7) is 2.46. The Morgan fingerprint density at radius 3 is 2.41 bits per heavy atom. The van der Waals surface area contributed by atoms with Crippen molar-refractivity contribution in [3.05, 3.63) is 92.3 Å². The van der Waals surface area contributed by atoms with E-state index in [4.69, 9.17) is 21.1 Å². The van der Waals surface area contributed by atoms with E-state index in [1.165, 1.54) is 7.11 Å². The fourth-order valence-corrected chi connectivity index (χ4v) is 6.11. The fraction of sp³-hybridized carbons (Fsp3) is 0.233. The Kier molecular flexibility index (Phi) is 9.22. The van der Waals surface area contributed by atoms with Gasteiger partial charge in [-0.1, -0.05) is 41.9 Å². The Morgan fingerprint density at radius 1 is 1.02 bits per heavy atom. The van der Waals surface area contributed by atoms with E-state index in [1.807, 2.05) is 42.5 Å². The summed E-state index contributed by atoms with van der Waals surface area (Å²) >= 11 is 10.3. The number of hydrogen-bond donors (Lipinski definition) is 0. The number of hydrogen-bond acceptors (Lipinski definition) is 7. The Bertz CT molecular complexity index is 1480. The summed E-state index contributed by atoms with van der Waals surface area (Å²) in [6, 6.07) is 20.9. The molecule has 0 saturated carbocycles. The van der Waals surface area contributed by atoms with Crippen LogP contribution >= 0.6 is 39.3 Å². The van der Waals surface area contributed by atoms with Gasteiger partial charge in [-0.3, -0.25) is 19.3 Å². The van der Waals surface area contributed by atoms with Crippen molar-refractivity contribution in [2.45, 2.75) is 6.61 Å². The van der Waals surface area contributed by atoms with E-state index in [0.29, 0.717) is 59.3 Å². The first-order chi connectivity index (χ1) is 19.8. The van der Waals surface area contributed by atoms with Crippen molar-refractivity contribution in [3.8, 4) is 11.5 Å². The molecule has 212 valence electrons. The first-order valence-electron chi connectivity index (χ1n) is 12.9. The number of methoxy groups -OCH3 is 1. The number of piperazine rings is 1. The molecule has 3 aromatic carbocycles. The van der Waals surface area contributed by atoms with Gasteiger partial charge in [0.05, 0.1) is 16.5 Å². The molecular weight excluding hydrogens is 630 g/mol. The Hall–Kier alpha value is -3.47. The lowest BCUT2D eigenvalue weighted by Crippen LogP contribution is -2.51. The highest BCUT2D eigenvalue weighted by molar-refractivity contribution is 9.10. The molecule has 2 aliphatic heterocycles. The van der Waals surface area contributed by atoms with Crippen molar-refractivity contribution in [2.24, 2.45) is 0 Å². The van der Waals surface area contributed by atoms with Gasteiger partial charge in [0.15, 0.2) is 11.5 Å². The van der Waals surface area contributed by atoms with Crippen molar-refractivity contribution < 1.29 is 23.9 Å². The molecule has 0 spiro atoms. The third kappa shape index (κ3) is 6.89. The monoisotopic (exact) mass is 655 g/mol. The summed E-state index contributed by atoms with van der Waals surface area (Å²) in [6.07, 6.45) is 1.62. The van der Waals surface area contributed by atoms with Crippen LogP contribution in [-0.4, -0.2) is 66.7 Å². The lowest BCUT2D eigenvalue weighted by atomic mass is 10.1. The highest BCUT2D eigenvalue weighted by Crippen LogP contribution is 2.39. The number of carbonyl (C=O) groups excluding carboxylic acids is 3. The second-order valence-corrected chi connectivity index (χ2v) is 11.7. The molecule has 8 nitrogen and oxygen atoms in total. The van der Waals surface area contributed by atoms with Crippen molar-refractivity contribution in [1.82, 2.24) is 9.80 Å². The second kappa shape index (κ2) is 13.0. The number of anilines is 1. The first-order valence-corrected chi connectivity index (χ1v) is 14.9. The van der Waals surface area contributed by atoms with E-state index in [9.17, 15) is 14.4 Å². The lowest BCUT2D eigenvalue weighted by Gasteiger charge is -2.36. The first kappa shape index (κ1) is 29.0. The summed E-state index contributed by atoms with van der Waals surface area (Å²) < 4.78 is 12.1. The number of rotatable bonds is 8. The molecule has 2 heterocycles. The third-order valence-corrected chi connectivity index (χ3v) is 8.52. The molecule has 2 fully saturated rings. The number of imide groups is 1. The van der Waals surface area contributed by atoms with Crippen molar-refractivity contribution in [2.75, 3.05) is 44.7 Å². The van der Waals surface area contributed by atoms with Crippen molar-refractivity contribution in [1.29, 1.82) is 0 Å². The van der Waals surface area contributed by atoms with E-state index in [0.717, 1.165) is 27.9 Å². The number of para-hydroxylation sites is 1. The molecule has 3 aromatic rings. The molecule has 3 amide bonds. The highest BCUT2D eigenvalue weighted by atomic mass is 79.9. The zero-order valence-electron chi connectivity index (χ0n) is 22.2. The molecule has 2 saturated heterocycles. The minimum atomic E-state index is -0.491. The van der Waals surface area contributed by atoms with Crippen LogP contribution in [0.5, 0.6) is 11.5 Å². The number of nitrogens with zero attached hydrogens (tertiary/aromatic N) is 3. The molecule has 0 atom stereocenters. The highest BCUT2D eigenvalue weighted by Gasteiger charge is 2.37. The minimum absolute atomic E-state index is 0.237. The molecule has 5 rings (SSSR count). The Morgan fingerprint density at radius 2 is 1.73 bits per heavy atom. The summed E-state index contributed by atoms with van der Waals surface area (Å²) in [7, 11) is 1.53. The van der Waals surface area contributed by atoms with Gasteiger partial charge in [-0.2, -0.15) is 0 Å². The summed E-state index contributed by atoms with van der Waals surface area (Å²) in [4.78, 5) is 44.0. The number of ether oxygens (including phenoxy) is 2. The van der Waals surface area contributed by atoms with Crippen LogP contribution in [0.4, 0.5) is 10.5 Å². The van der Waals surface area contributed by atoms with Crippen LogP contribution in [0.15, 0.2) is 76.1 Å². The molecule has 0 aromatic heterocycles. The van der Waals surface area contributed by atoms with Crippen LogP contribution in [0.25, 0.3) is 6.08 Å². The average Bonchev–Trinajstić information content (AvgIpc) is 3.24. The van der Waals surface area contributed by atoms with Gasteiger partial charge in [-0.15, -0.1) is 0 Å². The predicted octanol–water partition coefficient (Wildman–Crippen LogP) is 6.08. The quantitative estimate of drug-likeness (QED) is 0.272. The predicted molar refractivity (Wildman–Crippen MR) is 164 cm³/mol. The van der Waals surface area contributed by atoms with E-state index < -0.39 is 11.1 Å². The van der Waals surface area contributed by atoms with E-state index in [2.05, 4.69) is 20.8 Å². The zero-order valence-corrected chi connectivity index (χ0v) is 25.4. The van der Waals surface area contributed by atoms with Gasteiger partial charge in [0.25, 0.3) is 11.1 Å². The smallest absolute Gasteiger partial charge is 0.294 e. The Balaban J connectivity index is 1.22. The van der Waals surface area contributed by atoms with Crippen LogP contribution in [0.3, 0.4) is 0 Å². The molecule has 0 N–H and O–H groups in total. The lowest BCUT2D eigenvalue weighted by molar-refractivity contribution is -0.136. The van der Waals surface area contributed by atoms with Gasteiger partial charge in [-0.25, -0.2) is 0 Å². The average molecular weight is 657 g/mol. The molecule has 41 heavy (non-hydrogen) atoms. The van der Waals surface area contributed by atoms with Gasteiger partial charge in [0.1, 0.15) is 13.2 Å². The molecular formula is C30H27BrClN3O5S. The maximum Gasteiger partial charge on any atom is 0.294 e. The molecule has 0 aliphatic carbocycles. The third-order valence-electron chi connectivity index (χ3n) is 6.77. The molecule has 0 radical (unpaired) electrons. The summed E-state index contributed by atoms with van der Waals surface area (Å²) in [5.41, 5.74) is 2.69. The topological polar surface area (TPSA) is 79.4 Å². The molecule has 0 unspecified atom stereocenters. The summed E-state index contributed by atoms with van der Waals surface area (Å²) in [5.74, 6) is 0.233. The van der Waals surface area contributed by atoms with E-state index in [1.54, 1.807) is 35.2 Å². The summed E-state index contributed by atoms with van der Waals surface area (Å²) in [5, 5.41) is 0.179. The number of amides is 3. The van der Waals surface area contributed by atoms with Gasteiger partial charge in [0.2, 0.25) is 5.91 Å². The van der Waals surface area contributed by atoms with Gasteiger partial charge in [-0.05, 0) is 81.3 Å². The van der Waals surface area contributed by atoms with Crippen LogP contribution in [-0.2, 0) is 16.2 Å². The largest absolute Gasteiger partial charge is 0.493 e. The fourth-order valence-electron chi connectivity index (χ4n) is 4.58. The van der Waals surface area contributed by atoms with Gasteiger partial charge in [0, 0.05) is 36.9 Å². The maximum absolute atomic E-state index is 13.1. The van der Waals surface area contributed by atoms with Crippen molar-refractivity contribution in [3.63, 3.8) is 0 Å². The van der Waals surface area contributed by atoms with Crippen LogP contribution in [0.2, 0.25) is 5.02 Å². The number of thioether (sulfide) groups is 1. The zero-order chi connectivity index (χ0) is 28.9. The minimum Gasteiger partial charge on any atom is -0.493 e. The molecule has 2 aliphatic rings. The Labute approximate surface area is 256 Å². The van der Waals surface area contributed by atoms with Crippen LogP contribution in [0.1, 0.15) is 11.1 Å². The normalized spacial score (nSPS) is 16.5. The maximum atomic E-state index is 13.1. The standard InChI is InChI=1S/C30H27BrClN3O5S/c1-39-25-16-21(15-24(31)28(25)40-19-20-7-9-22(32)10-8-20)17-26-29(37)35(30(38)41-26)18-27(36)34-13-11-33(12-14-34)23-5-3-2-4-6-23/h2-10,15-17H,11-14,18-19H2,1H3/b26-17+. The number of benzene rings is 3. The van der Waals surface area contributed by atoms with Crippen LogP contribution < -0.4 is 14.4 Å². The van der Waals surface area contributed by atoms with Crippen LogP contribution in [0, 0.1) is 0 Å². The molecule has 0 bridgehead atoms. The van der Waals surface area contributed by atoms with Crippen molar-refractivity contribution >= 4 is 68.1 Å². The second-order valence-electron chi connectivity index (χ2n) is 9.42. The number of carbonyl (C=O) groups is 3. The SMILES string of the molecule is COc1cc(/C=C2/SC(=O)N(CC(=O)N3CCN(c4ccccc4)CC3)C2=O)cc(Br)c1OCc1ccc(Cl)cc1. The van der Waals surface area contributed by atoms with E-state index >= 15 is 0 Å². The molecule has 11 heteroatoms. The van der Waals surface area contributed by atoms with E-state index in [-0.39, 0.29) is 17.4 Å². The van der Waals surface area contributed by atoms with Gasteiger partial charge >= 0.3 is 0 Å². The van der Waals surface area contributed by atoms with Gasteiger partial charge < -0.3 is 19.3 Å². The number of halogens is 2.